The first kappa shape index (κ1) is 13.4. The van der Waals surface area contributed by atoms with E-state index in [0.29, 0.717) is 22.3 Å². The second-order valence-corrected chi connectivity index (χ2v) is 4.99. The predicted octanol–water partition coefficient (Wildman–Crippen LogP) is 2.39. The Morgan fingerprint density at radius 3 is 2.83 bits per heavy atom. The third-order valence-corrected chi connectivity index (χ3v) is 3.62. The fraction of sp³-hybridized carbons (Fsp3) is 0.0625. The second-order valence-electron chi connectivity index (χ2n) is 4.99. The van der Waals surface area contributed by atoms with Crippen molar-refractivity contribution < 1.29 is 9.13 Å². The molecule has 7 heteroatoms. The van der Waals surface area contributed by atoms with Gasteiger partial charge in [-0.3, -0.25) is 0 Å². The molecule has 6 nitrogen and oxygen atoms in total. The van der Waals surface area contributed by atoms with Crippen molar-refractivity contribution in [1.29, 1.82) is 0 Å². The first-order chi connectivity index (χ1) is 11.2. The van der Waals surface area contributed by atoms with Gasteiger partial charge in [-0.2, -0.15) is 4.52 Å². The maximum atomic E-state index is 13.9. The molecule has 0 amide bonds. The third kappa shape index (κ3) is 2.05. The van der Waals surface area contributed by atoms with Crippen molar-refractivity contribution >= 4 is 16.6 Å². The van der Waals surface area contributed by atoms with Gasteiger partial charge in [0, 0.05) is 5.39 Å². The van der Waals surface area contributed by atoms with Gasteiger partial charge in [0.2, 0.25) is 0 Å². The summed E-state index contributed by atoms with van der Waals surface area (Å²) >= 11 is 0. The summed E-state index contributed by atoms with van der Waals surface area (Å²) in [6.45, 7) is 0. The summed E-state index contributed by atoms with van der Waals surface area (Å²) in [5.74, 6) is 0.340. The Labute approximate surface area is 129 Å². The van der Waals surface area contributed by atoms with Crippen LogP contribution < -0.4 is 10.4 Å². The highest BCUT2D eigenvalue weighted by atomic mass is 19.1. The lowest BCUT2D eigenvalue weighted by molar-refractivity contribution is 0.415. The topological polar surface area (TPSA) is 72.3 Å². The Bertz CT molecular complexity index is 1100. The fourth-order valence-corrected chi connectivity index (χ4v) is 2.50. The molecule has 0 radical (unpaired) electrons. The summed E-state index contributed by atoms with van der Waals surface area (Å²) in [6, 6.07) is 11.4. The van der Waals surface area contributed by atoms with E-state index < -0.39 is 11.5 Å². The normalized spacial score (nSPS) is 11.2. The van der Waals surface area contributed by atoms with Crippen LogP contribution >= 0.6 is 0 Å². The van der Waals surface area contributed by atoms with Crippen molar-refractivity contribution in [2.45, 2.75) is 0 Å². The van der Waals surface area contributed by atoms with Crippen LogP contribution in [0, 0.1) is 5.82 Å². The van der Waals surface area contributed by atoms with Crippen molar-refractivity contribution in [2.24, 2.45) is 0 Å². The number of hydrogen-bond donors (Lipinski definition) is 1. The highest BCUT2D eigenvalue weighted by molar-refractivity contribution is 5.92. The molecule has 2 aromatic carbocycles. The summed E-state index contributed by atoms with van der Waals surface area (Å²) in [6.07, 6.45) is 0. The number of benzene rings is 2. The molecule has 4 rings (SSSR count). The Kier molecular flexibility index (Phi) is 2.87. The molecule has 0 atom stereocenters. The van der Waals surface area contributed by atoms with Crippen molar-refractivity contribution in [3.8, 4) is 17.1 Å². The summed E-state index contributed by atoms with van der Waals surface area (Å²) in [7, 11) is 1.55. The maximum absolute atomic E-state index is 13.9. The number of ether oxygens (including phenoxy) is 1. The molecular weight excluding hydrogens is 299 g/mol. The van der Waals surface area contributed by atoms with Crippen LogP contribution in [0.4, 0.5) is 4.39 Å². The SMILES string of the molecule is COc1ccc2[nH]c(=O)n3nc(-c4ccccc4F)nc3c2c1. The minimum absolute atomic E-state index is 0.156. The number of aromatic amines is 1. The van der Waals surface area contributed by atoms with Gasteiger partial charge in [0.25, 0.3) is 0 Å². The highest BCUT2D eigenvalue weighted by Gasteiger charge is 2.15. The van der Waals surface area contributed by atoms with E-state index >= 15 is 0 Å². The van der Waals surface area contributed by atoms with Crippen molar-refractivity contribution in [2.75, 3.05) is 7.11 Å². The Balaban J connectivity index is 2.08. The van der Waals surface area contributed by atoms with E-state index in [1.165, 1.54) is 6.07 Å². The molecule has 0 aliphatic heterocycles. The third-order valence-electron chi connectivity index (χ3n) is 3.62. The van der Waals surface area contributed by atoms with Crippen molar-refractivity contribution in [3.63, 3.8) is 0 Å². The van der Waals surface area contributed by atoms with Crippen molar-refractivity contribution in [3.05, 3.63) is 58.8 Å². The summed E-state index contributed by atoms with van der Waals surface area (Å²) in [4.78, 5) is 19.2. The van der Waals surface area contributed by atoms with E-state index in [9.17, 15) is 9.18 Å². The minimum atomic E-state index is -0.443. The lowest BCUT2D eigenvalue weighted by Crippen LogP contribution is -2.17. The smallest absolute Gasteiger partial charge is 0.348 e. The number of nitrogens with one attached hydrogen (secondary N) is 1. The number of fused-ring (bicyclic) bond motifs is 3. The molecule has 2 aromatic heterocycles. The minimum Gasteiger partial charge on any atom is -0.497 e. The second kappa shape index (κ2) is 4.91. The largest absolute Gasteiger partial charge is 0.497 e. The van der Waals surface area contributed by atoms with Crippen LogP contribution in [-0.4, -0.2) is 26.7 Å². The van der Waals surface area contributed by atoms with Crippen LogP contribution in [0.2, 0.25) is 0 Å². The molecule has 0 spiro atoms. The lowest BCUT2D eigenvalue weighted by Gasteiger charge is -2.02. The first-order valence-corrected chi connectivity index (χ1v) is 6.89. The maximum Gasteiger partial charge on any atom is 0.348 e. The quantitative estimate of drug-likeness (QED) is 0.617. The van der Waals surface area contributed by atoms with Gasteiger partial charge in [0.1, 0.15) is 11.6 Å². The van der Waals surface area contributed by atoms with Crippen LogP contribution in [-0.2, 0) is 0 Å². The van der Waals surface area contributed by atoms with Gasteiger partial charge in [-0.15, -0.1) is 5.10 Å². The molecule has 0 fully saturated rings. The van der Waals surface area contributed by atoms with Crippen molar-refractivity contribution in [1.82, 2.24) is 19.6 Å². The number of aromatic nitrogens is 4. The molecule has 0 saturated heterocycles. The molecule has 23 heavy (non-hydrogen) atoms. The van der Waals surface area contributed by atoms with E-state index in [4.69, 9.17) is 4.74 Å². The molecule has 0 aliphatic carbocycles. The fourth-order valence-electron chi connectivity index (χ4n) is 2.50. The van der Waals surface area contributed by atoms with Gasteiger partial charge >= 0.3 is 5.69 Å². The zero-order valence-corrected chi connectivity index (χ0v) is 12.1. The zero-order valence-electron chi connectivity index (χ0n) is 12.1. The Morgan fingerprint density at radius 2 is 2.04 bits per heavy atom. The Morgan fingerprint density at radius 1 is 1.22 bits per heavy atom. The van der Waals surface area contributed by atoms with Crippen LogP contribution in [0.15, 0.2) is 47.3 Å². The predicted molar refractivity (Wildman–Crippen MR) is 83.1 cm³/mol. The van der Waals surface area contributed by atoms with E-state index in [-0.39, 0.29) is 11.4 Å². The van der Waals surface area contributed by atoms with Gasteiger partial charge in [-0.1, -0.05) is 12.1 Å². The number of halogens is 1. The molecule has 0 bridgehead atoms. The highest BCUT2D eigenvalue weighted by Crippen LogP contribution is 2.24. The van der Waals surface area contributed by atoms with E-state index in [1.54, 1.807) is 43.5 Å². The van der Waals surface area contributed by atoms with E-state index in [0.717, 1.165) is 4.52 Å². The number of H-pyrrole nitrogens is 1. The van der Waals surface area contributed by atoms with Crippen LogP contribution in [0.25, 0.3) is 27.9 Å². The molecule has 4 aromatic rings. The monoisotopic (exact) mass is 310 g/mol. The first-order valence-electron chi connectivity index (χ1n) is 6.89. The summed E-state index contributed by atoms with van der Waals surface area (Å²) in [5.41, 5.74) is 0.760. The van der Waals surface area contributed by atoms with Crippen LogP contribution in [0.3, 0.4) is 0 Å². The summed E-state index contributed by atoms with van der Waals surface area (Å²) < 4.78 is 20.3. The molecular formula is C16H11FN4O2. The van der Waals surface area contributed by atoms with Crippen LogP contribution in [0.5, 0.6) is 5.75 Å². The number of nitrogens with zero attached hydrogens (tertiary/aromatic N) is 3. The van der Waals surface area contributed by atoms with Crippen LogP contribution in [0.1, 0.15) is 0 Å². The summed E-state index contributed by atoms with van der Waals surface area (Å²) in [5, 5.41) is 4.80. The van der Waals surface area contributed by atoms with E-state index in [1.807, 2.05) is 0 Å². The van der Waals surface area contributed by atoms with Gasteiger partial charge in [0.15, 0.2) is 11.5 Å². The standard InChI is InChI=1S/C16H11FN4O2/c1-23-9-6-7-13-11(8-9)15-19-14(20-21(15)16(22)18-13)10-4-2-3-5-12(10)17/h2-8H,1H3,(H,18,22). The Hall–Kier alpha value is -3.22. The van der Waals surface area contributed by atoms with Gasteiger partial charge in [0.05, 0.1) is 18.2 Å². The number of hydrogen-bond acceptors (Lipinski definition) is 4. The number of rotatable bonds is 2. The average molecular weight is 310 g/mol. The lowest BCUT2D eigenvalue weighted by atomic mass is 10.2. The van der Waals surface area contributed by atoms with Gasteiger partial charge < -0.3 is 9.72 Å². The number of methoxy groups -OCH3 is 1. The van der Waals surface area contributed by atoms with Gasteiger partial charge in [-0.25, -0.2) is 14.2 Å². The molecule has 0 unspecified atom stereocenters. The van der Waals surface area contributed by atoms with E-state index in [2.05, 4.69) is 15.1 Å². The molecule has 114 valence electrons. The van der Waals surface area contributed by atoms with Gasteiger partial charge in [-0.05, 0) is 30.3 Å². The zero-order chi connectivity index (χ0) is 16.0. The molecule has 2 heterocycles. The molecule has 0 saturated carbocycles. The average Bonchev–Trinajstić information content (AvgIpc) is 3.01. The molecule has 1 N–H and O–H groups in total. The molecule has 0 aliphatic rings.